The van der Waals surface area contributed by atoms with Gasteiger partial charge in [0, 0.05) is 22.2 Å². The Morgan fingerprint density at radius 2 is 1.82 bits per heavy atom. The minimum absolute atomic E-state index is 0.0254. The van der Waals surface area contributed by atoms with Crippen LogP contribution in [-0.2, 0) is 20.3 Å². The minimum Gasteiger partial charge on any atom is -0.381 e. The molecule has 0 bridgehead atoms. The molecule has 0 saturated carbocycles. The summed E-state index contributed by atoms with van der Waals surface area (Å²) in [6.45, 7) is 2.51. The van der Waals surface area contributed by atoms with E-state index in [0.717, 1.165) is 0 Å². The van der Waals surface area contributed by atoms with Crippen LogP contribution in [0.5, 0.6) is 0 Å². The van der Waals surface area contributed by atoms with E-state index in [1.807, 2.05) is 6.92 Å². The average molecular weight is 297 g/mol. The summed E-state index contributed by atoms with van der Waals surface area (Å²) in [6, 6.07) is 4.93. The molecule has 17 heavy (non-hydrogen) atoms. The third-order valence-corrected chi connectivity index (χ3v) is 4.39. The first kappa shape index (κ1) is 14.8. The lowest BCUT2D eigenvalue weighted by molar-refractivity contribution is 0.163. The third-order valence-electron chi connectivity index (χ3n) is 2.17. The van der Waals surface area contributed by atoms with Crippen molar-refractivity contribution in [2.75, 3.05) is 19.0 Å². The van der Waals surface area contributed by atoms with Crippen molar-refractivity contribution in [2.24, 2.45) is 0 Å². The number of ether oxygens (including phenoxy) is 1. The molecule has 0 aromatic heterocycles. The van der Waals surface area contributed by atoms with Gasteiger partial charge in [0.25, 0.3) is 0 Å². The predicted octanol–water partition coefficient (Wildman–Crippen LogP) is 2.94. The molecule has 1 aromatic carbocycles. The molecular formula is C11H14Cl2O3S. The maximum absolute atomic E-state index is 11.8. The van der Waals surface area contributed by atoms with Gasteiger partial charge in [0.2, 0.25) is 0 Å². The Morgan fingerprint density at radius 3 is 2.35 bits per heavy atom. The quantitative estimate of drug-likeness (QED) is 0.758. The van der Waals surface area contributed by atoms with Crippen LogP contribution in [0.2, 0.25) is 10.0 Å². The van der Waals surface area contributed by atoms with E-state index in [1.165, 1.54) is 0 Å². The third kappa shape index (κ3) is 4.84. The van der Waals surface area contributed by atoms with Gasteiger partial charge >= 0.3 is 0 Å². The van der Waals surface area contributed by atoms with Gasteiger partial charge in [0.1, 0.15) is 0 Å². The SMILES string of the molecule is CCOCCS(=O)(=O)Cc1c(Cl)cccc1Cl. The Hall–Kier alpha value is -0.290. The predicted molar refractivity (Wildman–Crippen MR) is 70.4 cm³/mol. The molecule has 0 heterocycles. The van der Waals surface area contributed by atoms with Crippen LogP contribution in [0.3, 0.4) is 0 Å². The molecule has 0 aliphatic carbocycles. The lowest BCUT2D eigenvalue weighted by atomic mass is 10.2. The molecule has 0 aliphatic heterocycles. The van der Waals surface area contributed by atoms with E-state index >= 15 is 0 Å². The summed E-state index contributed by atoms with van der Waals surface area (Å²) >= 11 is 11.8. The molecule has 0 fully saturated rings. The van der Waals surface area contributed by atoms with Gasteiger partial charge < -0.3 is 4.74 Å². The molecule has 6 heteroatoms. The largest absolute Gasteiger partial charge is 0.381 e. The summed E-state index contributed by atoms with van der Waals surface area (Å²) < 4.78 is 28.6. The molecule has 0 atom stereocenters. The zero-order valence-corrected chi connectivity index (χ0v) is 11.8. The first-order valence-corrected chi connectivity index (χ1v) is 7.75. The van der Waals surface area contributed by atoms with Crippen molar-refractivity contribution in [3.8, 4) is 0 Å². The van der Waals surface area contributed by atoms with Crippen LogP contribution in [0, 0.1) is 0 Å². The second-order valence-electron chi connectivity index (χ2n) is 3.49. The highest BCUT2D eigenvalue weighted by Crippen LogP contribution is 2.26. The van der Waals surface area contributed by atoms with Crippen LogP contribution in [0.15, 0.2) is 18.2 Å². The monoisotopic (exact) mass is 296 g/mol. The summed E-state index contributed by atoms with van der Waals surface area (Å²) in [5, 5.41) is 0.745. The molecular weight excluding hydrogens is 283 g/mol. The number of halogens is 2. The second-order valence-corrected chi connectivity index (χ2v) is 6.49. The smallest absolute Gasteiger partial charge is 0.156 e. The summed E-state index contributed by atoms with van der Waals surface area (Å²) in [4.78, 5) is 0. The fraction of sp³-hybridized carbons (Fsp3) is 0.455. The fourth-order valence-corrected chi connectivity index (χ4v) is 3.25. The molecule has 96 valence electrons. The summed E-state index contributed by atoms with van der Waals surface area (Å²) in [7, 11) is -3.25. The molecule has 0 spiro atoms. The Morgan fingerprint density at radius 1 is 1.24 bits per heavy atom. The average Bonchev–Trinajstić information content (AvgIpc) is 2.24. The maximum atomic E-state index is 11.8. The Kier molecular flexibility index (Phi) is 5.73. The number of hydrogen-bond donors (Lipinski definition) is 0. The zero-order chi connectivity index (χ0) is 12.9. The highest BCUT2D eigenvalue weighted by molar-refractivity contribution is 7.90. The van der Waals surface area contributed by atoms with Crippen molar-refractivity contribution < 1.29 is 13.2 Å². The molecule has 3 nitrogen and oxygen atoms in total. The lowest BCUT2D eigenvalue weighted by Crippen LogP contribution is -2.14. The lowest BCUT2D eigenvalue weighted by Gasteiger charge is -2.08. The molecule has 0 saturated heterocycles. The van der Waals surface area contributed by atoms with E-state index in [9.17, 15) is 8.42 Å². The number of sulfone groups is 1. The van der Waals surface area contributed by atoms with Gasteiger partial charge in [-0.05, 0) is 19.1 Å². The van der Waals surface area contributed by atoms with Gasteiger partial charge in [-0.15, -0.1) is 0 Å². The fourth-order valence-electron chi connectivity index (χ4n) is 1.29. The van der Waals surface area contributed by atoms with Crippen molar-refractivity contribution in [3.05, 3.63) is 33.8 Å². The molecule has 0 N–H and O–H groups in total. The molecule has 1 aromatic rings. The molecule has 0 aliphatic rings. The van der Waals surface area contributed by atoms with Crippen LogP contribution >= 0.6 is 23.2 Å². The molecule has 0 amide bonds. The maximum Gasteiger partial charge on any atom is 0.156 e. The molecule has 0 unspecified atom stereocenters. The van der Waals surface area contributed by atoms with Gasteiger partial charge in [0.05, 0.1) is 18.1 Å². The van der Waals surface area contributed by atoms with Gasteiger partial charge in [0.15, 0.2) is 9.84 Å². The molecule has 0 radical (unpaired) electrons. The van der Waals surface area contributed by atoms with Crippen LogP contribution in [0.1, 0.15) is 12.5 Å². The number of hydrogen-bond acceptors (Lipinski definition) is 3. The van der Waals surface area contributed by atoms with Crippen molar-refractivity contribution in [3.63, 3.8) is 0 Å². The van der Waals surface area contributed by atoms with Gasteiger partial charge in [-0.1, -0.05) is 29.3 Å². The van der Waals surface area contributed by atoms with Crippen molar-refractivity contribution >= 4 is 33.0 Å². The summed E-state index contributed by atoms with van der Waals surface area (Å²) in [5.41, 5.74) is 0.451. The van der Waals surface area contributed by atoms with Crippen LogP contribution in [0.25, 0.3) is 0 Å². The number of rotatable bonds is 6. The van der Waals surface area contributed by atoms with E-state index in [-0.39, 0.29) is 18.1 Å². The normalized spacial score (nSPS) is 11.7. The van der Waals surface area contributed by atoms with Crippen molar-refractivity contribution in [2.45, 2.75) is 12.7 Å². The minimum atomic E-state index is -3.25. The first-order chi connectivity index (χ1) is 7.96. The Balaban J connectivity index is 2.76. The van der Waals surface area contributed by atoms with Crippen molar-refractivity contribution in [1.82, 2.24) is 0 Å². The van der Waals surface area contributed by atoms with Gasteiger partial charge in [-0.25, -0.2) is 8.42 Å². The highest BCUT2D eigenvalue weighted by atomic mass is 35.5. The van der Waals surface area contributed by atoms with Gasteiger partial charge in [-0.2, -0.15) is 0 Å². The molecule has 1 rings (SSSR count). The van der Waals surface area contributed by atoms with Crippen LogP contribution in [-0.4, -0.2) is 27.4 Å². The second kappa shape index (κ2) is 6.59. The van der Waals surface area contributed by atoms with E-state index in [2.05, 4.69) is 0 Å². The van der Waals surface area contributed by atoms with Crippen molar-refractivity contribution in [1.29, 1.82) is 0 Å². The topological polar surface area (TPSA) is 43.4 Å². The first-order valence-electron chi connectivity index (χ1n) is 5.17. The van der Waals surface area contributed by atoms with Crippen LogP contribution < -0.4 is 0 Å². The van der Waals surface area contributed by atoms with E-state index in [1.54, 1.807) is 18.2 Å². The summed E-state index contributed by atoms with van der Waals surface area (Å²) in [5.74, 6) is -0.180. The zero-order valence-electron chi connectivity index (χ0n) is 9.45. The van der Waals surface area contributed by atoms with Gasteiger partial charge in [-0.3, -0.25) is 0 Å². The Bertz CT molecular complexity index is 451. The standard InChI is InChI=1S/C11H14Cl2O3S/c1-2-16-6-7-17(14,15)8-9-10(12)4-3-5-11(9)13/h3-5H,2,6-8H2,1H3. The highest BCUT2D eigenvalue weighted by Gasteiger charge is 2.16. The van der Waals surface area contributed by atoms with E-state index in [4.69, 9.17) is 27.9 Å². The Labute approximate surface area is 112 Å². The number of benzene rings is 1. The van der Waals surface area contributed by atoms with E-state index in [0.29, 0.717) is 22.2 Å². The van der Waals surface area contributed by atoms with E-state index < -0.39 is 9.84 Å². The van der Waals surface area contributed by atoms with Crippen LogP contribution in [0.4, 0.5) is 0 Å². The summed E-state index contributed by atoms with van der Waals surface area (Å²) in [6.07, 6.45) is 0.